The van der Waals surface area contributed by atoms with E-state index in [1.54, 1.807) is 10.9 Å². The van der Waals surface area contributed by atoms with E-state index in [0.29, 0.717) is 0 Å². The maximum absolute atomic E-state index is 4.14. The second-order valence-electron chi connectivity index (χ2n) is 3.92. The molecule has 2 rings (SSSR count). The van der Waals surface area contributed by atoms with Gasteiger partial charge in [0.15, 0.2) is 5.65 Å². The van der Waals surface area contributed by atoms with Crippen LogP contribution < -0.4 is 0 Å². The molecule has 90 valence electrons. The normalized spacial score (nSPS) is 9.19. The summed E-state index contributed by atoms with van der Waals surface area (Å²) >= 11 is 0. The summed E-state index contributed by atoms with van der Waals surface area (Å²) < 4.78 is 1.76. The number of aryl methyl sites for hydroxylation is 1. The number of nitrogens with zero attached hydrogens (tertiary/aromatic N) is 3. The third-order valence-electron chi connectivity index (χ3n) is 1.49. The van der Waals surface area contributed by atoms with Crippen LogP contribution in [-0.2, 0) is 7.05 Å². The summed E-state index contributed by atoms with van der Waals surface area (Å²) in [6.45, 7) is 10.5. The van der Waals surface area contributed by atoms with E-state index in [9.17, 15) is 0 Å². The van der Waals surface area contributed by atoms with Crippen LogP contribution in [-0.4, -0.2) is 14.8 Å². The summed E-state index contributed by atoms with van der Waals surface area (Å²) in [4.78, 5) is 4.14. The maximum Gasteiger partial charge on any atom is 0.157 e. The largest absolute Gasteiger partial charge is 0.250 e. The Hall–Kier alpha value is -1.38. The van der Waals surface area contributed by atoms with Crippen LogP contribution in [0, 0.1) is 5.92 Å². The average molecular weight is 221 g/mol. The molecule has 0 unspecified atom stereocenters. The van der Waals surface area contributed by atoms with Gasteiger partial charge in [-0.05, 0) is 18.1 Å². The monoisotopic (exact) mass is 221 g/mol. The molecular formula is C13H23N3. The second-order valence-corrected chi connectivity index (χ2v) is 3.92. The molecule has 0 saturated carbocycles. The minimum atomic E-state index is 0.833. The molecule has 0 amide bonds. The fourth-order valence-electron chi connectivity index (χ4n) is 0.984. The summed E-state index contributed by atoms with van der Waals surface area (Å²) in [5.74, 6) is 0.833. The first-order chi connectivity index (χ1) is 7.61. The molecule has 0 N–H and O–H groups in total. The van der Waals surface area contributed by atoms with Crippen LogP contribution in [0.2, 0.25) is 0 Å². The molecule has 2 heterocycles. The van der Waals surface area contributed by atoms with Crippen molar-refractivity contribution in [3.8, 4) is 0 Å². The van der Waals surface area contributed by atoms with Crippen LogP contribution in [0.3, 0.4) is 0 Å². The minimum Gasteiger partial charge on any atom is -0.250 e. The number of hydrogen-bond donors (Lipinski definition) is 0. The van der Waals surface area contributed by atoms with Gasteiger partial charge in [0.05, 0.1) is 6.20 Å². The molecule has 0 aliphatic carbocycles. The van der Waals surface area contributed by atoms with E-state index in [1.807, 2.05) is 39.2 Å². The van der Waals surface area contributed by atoms with Crippen LogP contribution in [0.1, 0.15) is 34.6 Å². The first-order valence-corrected chi connectivity index (χ1v) is 5.84. The predicted octanol–water partition coefficient (Wildman–Crippen LogP) is 3.66. The molecule has 0 atom stereocenters. The number of aromatic nitrogens is 3. The van der Waals surface area contributed by atoms with Crippen molar-refractivity contribution in [3.63, 3.8) is 0 Å². The highest BCUT2D eigenvalue weighted by Crippen LogP contribution is 2.06. The van der Waals surface area contributed by atoms with Gasteiger partial charge in [0, 0.05) is 18.6 Å². The van der Waals surface area contributed by atoms with Gasteiger partial charge in [-0.25, -0.2) is 4.98 Å². The number of rotatable bonds is 0. The molecule has 0 aliphatic rings. The van der Waals surface area contributed by atoms with Gasteiger partial charge in [0.25, 0.3) is 0 Å². The van der Waals surface area contributed by atoms with Gasteiger partial charge >= 0.3 is 0 Å². The topological polar surface area (TPSA) is 30.7 Å². The van der Waals surface area contributed by atoms with E-state index in [-0.39, 0.29) is 0 Å². The number of pyridine rings is 1. The first-order valence-electron chi connectivity index (χ1n) is 5.84. The molecule has 0 aromatic carbocycles. The summed E-state index contributed by atoms with van der Waals surface area (Å²) in [5.41, 5.74) is 0.933. The molecule has 0 aliphatic heterocycles. The summed E-state index contributed by atoms with van der Waals surface area (Å²) in [6, 6.07) is 3.90. The lowest BCUT2D eigenvalue weighted by Gasteiger charge is -1.88. The Kier molecular flexibility index (Phi) is 7.18. The Morgan fingerprint density at radius 3 is 2.25 bits per heavy atom. The number of fused-ring (bicyclic) bond motifs is 1. The Labute approximate surface area is 98.5 Å². The molecule has 0 fully saturated rings. The van der Waals surface area contributed by atoms with Crippen molar-refractivity contribution in [2.45, 2.75) is 34.6 Å². The highest BCUT2D eigenvalue weighted by atomic mass is 15.3. The van der Waals surface area contributed by atoms with Gasteiger partial charge in [0.1, 0.15) is 0 Å². The van der Waals surface area contributed by atoms with Crippen LogP contribution in [0.15, 0.2) is 24.5 Å². The van der Waals surface area contributed by atoms with Crippen LogP contribution in [0.5, 0.6) is 0 Å². The van der Waals surface area contributed by atoms with Gasteiger partial charge in [-0.15, -0.1) is 0 Å². The molecule has 0 radical (unpaired) electrons. The van der Waals surface area contributed by atoms with Gasteiger partial charge in [0.2, 0.25) is 0 Å². The fraction of sp³-hybridized carbons (Fsp3) is 0.538. The van der Waals surface area contributed by atoms with E-state index in [0.717, 1.165) is 17.0 Å². The Morgan fingerprint density at radius 1 is 1.19 bits per heavy atom. The lowest BCUT2D eigenvalue weighted by Crippen LogP contribution is -1.89. The molecule has 16 heavy (non-hydrogen) atoms. The van der Waals surface area contributed by atoms with Gasteiger partial charge < -0.3 is 0 Å². The van der Waals surface area contributed by atoms with Crippen molar-refractivity contribution in [2.75, 3.05) is 0 Å². The maximum atomic E-state index is 4.14. The van der Waals surface area contributed by atoms with Crippen molar-refractivity contribution in [2.24, 2.45) is 13.0 Å². The lowest BCUT2D eigenvalue weighted by molar-refractivity contribution is 0.737. The van der Waals surface area contributed by atoms with Gasteiger partial charge in [-0.2, -0.15) is 5.10 Å². The van der Waals surface area contributed by atoms with Crippen molar-refractivity contribution >= 4 is 11.0 Å². The first kappa shape index (κ1) is 14.6. The average Bonchev–Trinajstić information content (AvgIpc) is 2.64. The highest BCUT2D eigenvalue weighted by molar-refractivity contribution is 5.73. The smallest absolute Gasteiger partial charge is 0.157 e. The summed E-state index contributed by atoms with van der Waals surface area (Å²) in [6.07, 6.45) is 3.58. The fourth-order valence-corrected chi connectivity index (χ4v) is 0.984. The molecule has 0 bridgehead atoms. The van der Waals surface area contributed by atoms with Gasteiger partial charge in [-0.3, -0.25) is 4.68 Å². The van der Waals surface area contributed by atoms with E-state index >= 15 is 0 Å². The molecular weight excluding hydrogens is 198 g/mol. The van der Waals surface area contributed by atoms with Crippen LogP contribution in [0.25, 0.3) is 11.0 Å². The molecule has 3 nitrogen and oxygen atoms in total. The van der Waals surface area contributed by atoms with Crippen molar-refractivity contribution in [1.82, 2.24) is 14.8 Å². The Bertz CT molecular complexity index is 388. The van der Waals surface area contributed by atoms with Gasteiger partial charge in [-0.1, -0.05) is 34.6 Å². The molecule has 3 heteroatoms. The molecule has 2 aromatic heterocycles. The lowest BCUT2D eigenvalue weighted by atomic mass is 10.3. The highest BCUT2D eigenvalue weighted by Gasteiger charge is 1.95. The zero-order valence-corrected chi connectivity index (χ0v) is 11.2. The Morgan fingerprint density at radius 2 is 1.75 bits per heavy atom. The molecule has 2 aromatic rings. The van der Waals surface area contributed by atoms with Crippen LogP contribution >= 0.6 is 0 Å². The van der Waals surface area contributed by atoms with E-state index < -0.39 is 0 Å². The number of hydrogen-bond acceptors (Lipinski definition) is 2. The predicted molar refractivity (Wildman–Crippen MR) is 70.4 cm³/mol. The minimum absolute atomic E-state index is 0.833. The summed E-state index contributed by atoms with van der Waals surface area (Å²) in [7, 11) is 1.88. The zero-order valence-electron chi connectivity index (χ0n) is 11.2. The van der Waals surface area contributed by atoms with E-state index in [4.69, 9.17) is 0 Å². The van der Waals surface area contributed by atoms with E-state index in [1.165, 1.54) is 0 Å². The Balaban J connectivity index is 0.000000323. The third kappa shape index (κ3) is 4.91. The van der Waals surface area contributed by atoms with Crippen molar-refractivity contribution in [3.05, 3.63) is 24.5 Å². The summed E-state index contributed by atoms with van der Waals surface area (Å²) in [5, 5.41) is 5.14. The SMILES string of the molecule is CC.CC(C)C.Cn1ncc2cccnc21. The van der Waals surface area contributed by atoms with Crippen molar-refractivity contribution < 1.29 is 0 Å². The van der Waals surface area contributed by atoms with Crippen LogP contribution in [0.4, 0.5) is 0 Å². The van der Waals surface area contributed by atoms with Crippen molar-refractivity contribution in [1.29, 1.82) is 0 Å². The second kappa shape index (κ2) is 7.85. The quantitative estimate of drug-likeness (QED) is 0.679. The molecule has 0 saturated heterocycles. The third-order valence-corrected chi connectivity index (χ3v) is 1.49. The zero-order chi connectivity index (χ0) is 12.6. The molecule has 0 spiro atoms. The standard InChI is InChI=1S/C7H7N3.C4H10.C2H6/c1-10-7-6(5-9-10)3-2-4-8-7;1-4(2)3;1-2/h2-5H,1H3;4H,1-3H3;1-2H3. The van der Waals surface area contributed by atoms with E-state index in [2.05, 4.69) is 30.9 Å².